The highest BCUT2D eigenvalue weighted by molar-refractivity contribution is 6.67. The smallest absolute Gasteiger partial charge is 0.337 e. The molecule has 0 aliphatic heterocycles. The largest absolute Gasteiger partial charge is 0.394 e. The minimum absolute atomic E-state index is 0.719. The summed E-state index contributed by atoms with van der Waals surface area (Å²) in [6.07, 6.45) is 3.50. The van der Waals surface area contributed by atoms with Gasteiger partial charge in [-0.1, -0.05) is 41.0 Å². The molecule has 0 radical (unpaired) electrons. The Kier molecular flexibility index (Phi) is 9.28. The zero-order valence-corrected chi connectivity index (χ0v) is 12.8. The molecule has 0 saturated heterocycles. The van der Waals surface area contributed by atoms with Gasteiger partial charge in [0.05, 0.1) is 0 Å². The minimum atomic E-state index is -1.85. The zero-order chi connectivity index (χ0) is 12.4. The van der Waals surface area contributed by atoms with Crippen molar-refractivity contribution in [1.29, 1.82) is 0 Å². The van der Waals surface area contributed by atoms with Crippen molar-refractivity contribution in [3.8, 4) is 0 Å². The van der Waals surface area contributed by atoms with Crippen LogP contribution in [-0.4, -0.2) is 21.8 Å². The maximum absolute atomic E-state index is 6.10. The van der Waals surface area contributed by atoms with Gasteiger partial charge < -0.3 is 8.85 Å². The lowest BCUT2D eigenvalue weighted by molar-refractivity contribution is 0.159. The molecule has 0 aliphatic rings. The van der Waals surface area contributed by atoms with Gasteiger partial charge in [0.15, 0.2) is 0 Å². The number of unbranched alkanes of at least 4 members (excludes halogenated alkanes) is 1. The Hall–Kier alpha value is 0.137. The highest BCUT2D eigenvalue weighted by atomic mass is 28.4. The second kappa shape index (κ2) is 9.20. The molecular formula is C13H30O2Si. The van der Waals surface area contributed by atoms with E-state index < -0.39 is 8.56 Å². The van der Waals surface area contributed by atoms with Crippen LogP contribution in [0.2, 0.25) is 12.1 Å². The topological polar surface area (TPSA) is 18.5 Å². The van der Waals surface area contributed by atoms with Crippen molar-refractivity contribution in [2.45, 2.75) is 66.0 Å². The van der Waals surface area contributed by atoms with E-state index in [-0.39, 0.29) is 0 Å². The molecule has 0 rings (SSSR count). The molecule has 98 valence electrons. The molecule has 0 fully saturated rings. The molecule has 16 heavy (non-hydrogen) atoms. The van der Waals surface area contributed by atoms with E-state index in [9.17, 15) is 0 Å². The second-order valence-electron chi connectivity index (χ2n) is 4.85. The van der Waals surface area contributed by atoms with Gasteiger partial charge in [-0.2, -0.15) is 0 Å². The van der Waals surface area contributed by atoms with Crippen LogP contribution < -0.4 is 0 Å². The van der Waals surface area contributed by atoms with E-state index in [1.54, 1.807) is 0 Å². The van der Waals surface area contributed by atoms with Gasteiger partial charge in [0.2, 0.25) is 0 Å². The van der Waals surface area contributed by atoms with Crippen LogP contribution in [0.5, 0.6) is 0 Å². The summed E-state index contributed by atoms with van der Waals surface area (Å²) < 4.78 is 12.2. The average molecular weight is 246 g/mol. The lowest BCUT2D eigenvalue weighted by Gasteiger charge is -2.29. The van der Waals surface area contributed by atoms with Gasteiger partial charge in [-0.3, -0.25) is 0 Å². The molecule has 0 atom stereocenters. The normalized spacial score (nSPS) is 12.4. The van der Waals surface area contributed by atoms with Crippen molar-refractivity contribution < 1.29 is 8.85 Å². The molecule has 0 aromatic heterocycles. The fraction of sp³-hybridized carbons (Fsp3) is 1.00. The summed E-state index contributed by atoms with van der Waals surface area (Å²) in [7, 11) is -1.85. The van der Waals surface area contributed by atoms with E-state index in [0.29, 0.717) is 0 Å². The van der Waals surface area contributed by atoms with Crippen molar-refractivity contribution in [1.82, 2.24) is 0 Å². The SMILES string of the molecule is CCCCO[Si](CC)(CC)OCCC(C)C. The highest BCUT2D eigenvalue weighted by Crippen LogP contribution is 2.20. The molecule has 0 aromatic carbocycles. The van der Waals surface area contributed by atoms with Crippen LogP contribution in [0, 0.1) is 5.92 Å². The van der Waals surface area contributed by atoms with Crippen LogP contribution in [-0.2, 0) is 8.85 Å². The summed E-state index contributed by atoms with van der Waals surface area (Å²) in [6.45, 7) is 12.8. The first-order chi connectivity index (χ1) is 7.60. The van der Waals surface area contributed by atoms with E-state index in [1.807, 2.05) is 0 Å². The van der Waals surface area contributed by atoms with E-state index in [2.05, 4.69) is 34.6 Å². The van der Waals surface area contributed by atoms with Crippen LogP contribution >= 0.6 is 0 Å². The van der Waals surface area contributed by atoms with Crippen molar-refractivity contribution in [3.63, 3.8) is 0 Å². The Balaban J connectivity index is 3.99. The fourth-order valence-electron chi connectivity index (χ4n) is 1.58. The van der Waals surface area contributed by atoms with Crippen molar-refractivity contribution in [2.75, 3.05) is 13.2 Å². The van der Waals surface area contributed by atoms with Crippen molar-refractivity contribution in [3.05, 3.63) is 0 Å². The Labute approximate surface area is 103 Å². The van der Waals surface area contributed by atoms with Crippen molar-refractivity contribution in [2.24, 2.45) is 5.92 Å². The molecule has 0 saturated carbocycles. The lowest BCUT2D eigenvalue weighted by atomic mass is 10.2. The third kappa shape index (κ3) is 6.66. The summed E-state index contributed by atoms with van der Waals surface area (Å²) in [5.74, 6) is 0.719. The molecular weight excluding hydrogens is 216 g/mol. The maximum Gasteiger partial charge on any atom is 0.337 e. The minimum Gasteiger partial charge on any atom is -0.394 e. The zero-order valence-electron chi connectivity index (χ0n) is 11.8. The second-order valence-corrected chi connectivity index (χ2v) is 8.66. The van der Waals surface area contributed by atoms with Gasteiger partial charge in [-0.05, 0) is 30.8 Å². The molecule has 0 heterocycles. The first-order valence-corrected chi connectivity index (χ1v) is 9.11. The van der Waals surface area contributed by atoms with Crippen LogP contribution in [0.25, 0.3) is 0 Å². The summed E-state index contributed by atoms with van der Waals surface area (Å²) in [4.78, 5) is 0. The molecule has 2 nitrogen and oxygen atoms in total. The Bertz CT molecular complexity index is 156. The van der Waals surface area contributed by atoms with Gasteiger partial charge >= 0.3 is 8.56 Å². The third-order valence-electron chi connectivity index (χ3n) is 3.00. The third-order valence-corrected chi connectivity index (χ3v) is 6.62. The summed E-state index contributed by atoms with van der Waals surface area (Å²) >= 11 is 0. The van der Waals surface area contributed by atoms with E-state index in [1.165, 1.54) is 6.42 Å². The van der Waals surface area contributed by atoms with Gasteiger partial charge in [0, 0.05) is 13.2 Å². The van der Waals surface area contributed by atoms with E-state index in [0.717, 1.165) is 44.1 Å². The van der Waals surface area contributed by atoms with Crippen molar-refractivity contribution >= 4 is 8.56 Å². The summed E-state index contributed by atoms with van der Waals surface area (Å²) in [5.41, 5.74) is 0. The molecule has 3 heteroatoms. The average Bonchev–Trinajstić information content (AvgIpc) is 2.27. The van der Waals surface area contributed by atoms with Crippen LogP contribution in [0.3, 0.4) is 0 Å². The van der Waals surface area contributed by atoms with Crippen LogP contribution in [0.1, 0.15) is 53.9 Å². The fourth-order valence-corrected chi connectivity index (χ4v) is 3.99. The standard InChI is InChI=1S/C13H30O2Si/c1-6-9-11-14-16(7-2,8-3)15-12-10-13(4)5/h13H,6-12H2,1-5H3. The first-order valence-electron chi connectivity index (χ1n) is 6.88. The van der Waals surface area contributed by atoms with E-state index >= 15 is 0 Å². The molecule has 0 spiro atoms. The van der Waals surface area contributed by atoms with Gasteiger partial charge in [0.25, 0.3) is 0 Å². The van der Waals surface area contributed by atoms with Crippen LogP contribution in [0.4, 0.5) is 0 Å². The maximum atomic E-state index is 6.10. The summed E-state index contributed by atoms with van der Waals surface area (Å²) in [6, 6.07) is 2.15. The van der Waals surface area contributed by atoms with Gasteiger partial charge in [-0.25, -0.2) is 0 Å². The molecule has 0 aromatic rings. The molecule has 0 aliphatic carbocycles. The van der Waals surface area contributed by atoms with E-state index in [4.69, 9.17) is 8.85 Å². The molecule has 0 amide bonds. The molecule has 0 bridgehead atoms. The number of rotatable bonds is 10. The number of hydrogen-bond acceptors (Lipinski definition) is 2. The van der Waals surface area contributed by atoms with Gasteiger partial charge in [-0.15, -0.1) is 0 Å². The highest BCUT2D eigenvalue weighted by Gasteiger charge is 2.33. The molecule has 0 N–H and O–H groups in total. The first kappa shape index (κ1) is 16.1. The predicted molar refractivity (Wildman–Crippen MR) is 73.0 cm³/mol. The molecule has 0 unspecified atom stereocenters. The quantitative estimate of drug-likeness (QED) is 0.421. The Morgan fingerprint density at radius 3 is 1.94 bits per heavy atom. The van der Waals surface area contributed by atoms with Gasteiger partial charge in [0.1, 0.15) is 0 Å². The monoisotopic (exact) mass is 246 g/mol. The predicted octanol–water partition coefficient (Wildman–Crippen LogP) is 4.35. The Morgan fingerprint density at radius 1 is 0.938 bits per heavy atom. The lowest BCUT2D eigenvalue weighted by Crippen LogP contribution is -2.41. The Morgan fingerprint density at radius 2 is 1.50 bits per heavy atom. The number of hydrogen-bond donors (Lipinski definition) is 0. The van der Waals surface area contributed by atoms with Crippen LogP contribution in [0.15, 0.2) is 0 Å². The summed E-state index contributed by atoms with van der Waals surface area (Å²) in [5, 5.41) is 0.